The summed E-state index contributed by atoms with van der Waals surface area (Å²) < 4.78 is 11.3. The molecule has 0 amide bonds. The van der Waals surface area contributed by atoms with E-state index in [-0.39, 0.29) is 0 Å². The quantitative estimate of drug-likeness (QED) is 0.353. The predicted octanol–water partition coefficient (Wildman–Crippen LogP) is 2.64. The lowest BCUT2D eigenvalue weighted by Gasteiger charge is -2.26. The Morgan fingerprint density at radius 3 is 2.81 bits per heavy atom. The van der Waals surface area contributed by atoms with E-state index in [0.717, 1.165) is 57.6 Å². The number of rotatable bonds is 11. The molecule has 152 valence electrons. The first-order valence-corrected chi connectivity index (χ1v) is 10.3. The molecular weight excluding hydrogens is 340 g/mol. The standard InChI is InChI=1S/C21H36N4O2/c1-3-4-5-6-10-23-21(22-2)24-18-19-8-7-9-20(17-19)27-16-13-25-11-14-26-15-12-25/h7-9,17H,3-6,10-16,18H2,1-2H3,(H2,22,23,24). The molecule has 27 heavy (non-hydrogen) atoms. The van der Waals surface area contributed by atoms with Crippen LogP contribution in [0.15, 0.2) is 29.3 Å². The molecule has 1 heterocycles. The van der Waals surface area contributed by atoms with Crippen molar-refractivity contribution < 1.29 is 9.47 Å². The molecule has 2 rings (SSSR count). The van der Waals surface area contributed by atoms with E-state index in [0.29, 0.717) is 6.61 Å². The van der Waals surface area contributed by atoms with Crippen LogP contribution < -0.4 is 15.4 Å². The van der Waals surface area contributed by atoms with Gasteiger partial charge in [-0.15, -0.1) is 0 Å². The summed E-state index contributed by atoms with van der Waals surface area (Å²) in [5.74, 6) is 1.77. The largest absolute Gasteiger partial charge is 0.492 e. The molecule has 1 saturated heterocycles. The first-order chi connectivity index (χ1) is 13.3. The lowest BCUT2D eigenvalue weighted by molar-refractivity contribution is 0.0322. The van der Waals surface area contributed by atoms with Gasteiger partial charge >= 0.3 is 0 Å². The van der Waals surface area contributed by atoms with E-state index in [1.807, 2.05) is 19.2 Å². The second-order valence-corrected chi connectivity index (χ2v) is 6.86. The number of aliphatic imine (C=N–C) groups is 1. The van der Waals surface area contributed by atoms with Gasteiger partial charge in [0.2, 0.25) is 0 Å². The summed E-state index contributed by atoms with van der Waals surface area (Å²) in [5, 5.41) is 6.75. The third kappa shape index (κ3) is 9.11. The highest BCUT2D eigenvalue weighted by Crippen LogP contribution is 2.13. The van der Waals surface area contributed by atoms with Gasteiger partial charge in [-0.3, -0.25) is 9.89 Å². The van der Waals surface area contributed by atoms with Gasteiger partial charge in [-0.25, -0.2) is 0 Å². The van der Waals surface area contributed by atoms with Gasteiger partial charge in [-0.2, -0.15) is 0 Å². The molecule has 0 spiro atoms. The van der Waals surface area contributed by atoms with Gasteiger partial charge in [0.15, 0.2) is 5.96 Å². The number of morpholine rings is 1. The Morgan fingerprint density at radius 2 is 2.04 bits per heavy atom. The molecule has 1 aliphatic rings. The fraction of sp³-hybridized carbons (Fsp3) is 0.667. The summed E-state index contributed by atoms with van der Waals surface area (Å²) in [6, 6.07) is 8.27. The fourth-order valence-corrected chi connectivity index (χ4v) is 3.03. The Morgan fingerprint density at radius 1 is 1.19 bits per heavy atom. The second kappa shape index (κ2) is 13.4. The van der Waals surface area contributed by atoms with Crippen molar-refractivity contribution in [2.75, 3.05) is 53.0 Å². The predicted molar refractivity (Wildman–Crippen MR) is 112 cm³/mol. The van der Waals surface area contributed by atoms with Crippen molar-refractivity contribution in [3.05, 3.63) is 29.8 Å². The summed E-state index contributed by atoms with van der Waals surface area (Å²) in [6.07, 6.45) is 5.01. The SMILES string of the molecule is CCCCCCNC(=NC)NCc1cccc(OCCN2CCOCC2)c1. The van der Waals surface area contributed by atoms with E-state index in [1.165, 1.54) is 31.2 Å². The zero-order chi connectivity index (χ0) is 19.2. The summed E-state index contributed by atoms with van der Waals surface area (Å²) >= 11 is 0. The van der Waals surface area contributed by atoms with Crippen LogP contribution in [0, 0.1) is 0 Å². The average molecular weight is 377 g/mol. The van der Waals surface area contributed by atoms with Gasteiger partial charge in [-0.1, -0.05) is 38.3 Å². The van der Waals surface area contributed by atoms with E-state index in [1.54, 1.807) is 0 Å². The molecule has 0 aromatic heterocycles. The number of guanidine groups is 1. The highest BCUT2D eigenvalue weighted by Gasteiger charge is 2.09. The molecule has 0 aliphatic carbocycles. The van der Waals surface area contributed by atoms with Crippen LogP contribution in [-0.4, -0.2) is 63.9 Å². The molecule has 2 N–H and O–H groups in total. The summed E-state index contributed by atoms with van der Waals surface area (Å²) in [5.41, 5.74) is 1.19. The summed E-state index contributed by atoms with van der Waals surface area (Å²) in [6.45, 7) is 9.23. The van der Waals surface area contributed by atoms with Crippen molar-refractivity contribution in [2.24, 2.45) is 4.99 Å². The molecule has 0 atom stereocenters. The van der Waals surface area contributed by atoms with E-state index in [2.05, 4.69) is 39.6 Å². The van der Waals surface area contributed by atoms with Crippen molar-refractivity contribution >= 4 is 5.96 Å². The van der Waals surface area contributed by atoms with Crippen LogP contribution in [-0.2, 0) is 11.3 Å². The number of nitrogens with one attached hydrogen (secondary N) is 2. The van der Waals surface area contributed by atoms with Crippen molar-refractivity contribution in [2.45, 2.75) is 39.2 Å². The van der Waals surface area contributed by atoms with Crippen LogP contribution in [0.3, 0.4) is 0 Å². The molecule has 1 fully saturated rings. The molecule has 1 aliphatic heterocycles. The maximum Gasteiger partial charge on any atom is 0.191 e. The van der Waals surface area contributed by atoms with Gasteiger partial charge < -0.3 is 20.1 Å². The third-order valence-corrected chi connectivity index (χ3v) is 4.68. The normalized spacial score (nSPS) is 15.6. The van der Waals surface area contributed by atoms with Gasteiger partial charge in [0, 0.05) is 39.8 Å². The molecule has 0 bridgehead atoms. The van der Waals surface area contributed by atoms with Gasteiger partial charge in [0.1, 0.15) is 12.4 Å². The molecule has 0 saturated carbocycles. The molecule has 0 unspecified atom stereocenters. The zero-order valence-corrected chi connectivity index (χ0v) is 17.0. The Hall–Kier alpha value is -1.79. The second-order valence-electron chi connectivity index (χ2n) is 6.86. The van der Waals surface area contributed by atoms with Crippen LogP contribution in [0.4, 0.5) is 0 Å². The monoisotopic (exact) mass is 376 g/mol. The van der Waals surface area contributed by atoms with E-state index in [4.69, 9.17) is 9.47 Å². The first kappa shape index (κ1) is 21.5. The molecule has 1 aromatic rings. The highest BCUT2D eigenvalue weighted by atomic mass is 16.5. The van der Waals surface area contributed by atoms with Gasteiger partial charge in [-0.05, 0) is 24.1 Å². The van der Waals surface area contributed by atoms with Crippen LogP contribution in [0.1, 0.15) is 38.2 Å². The lowest BCUT2D eigenvalue weighted by Crippen LogP contribution is -2.38. The number of hydrogen-bond acceptors (Lipinski definition) is 4. The van der Waals surface area contributed by atoms with Gasteiger partial charge in [0.25, 0.3) is 0 Å². The van der Waals surface area contributed by atoms with Crippen LogP contribution in [0.5, 0.6) is 5.75 Å². The topological polar surface area (TPSA) is 58.1 Å². The van der Waals surface area contributed by atoms with Crippen LogP contribution in [0.25, 0.3) is 0 Å². The van der Waals surface area contributed by atoms with E-state index in [9.17, 15) is 0 Å². The van der Waals surface area contributed by atoms with E-state index < -0.39 is 0 Å². The van der Waals surface area contributed by atoms with Crippen molar-refractivity contribution in [3.63, 3.8) is 0 Å². The number of nitrogens with zero attached hydrogens (tertiary/aromatic N) is 2. The van der Waals surface area contributed by atoms with E-state index >= 15 is 0 Å². The Bertz CT molecular complexity index is 545. The first-order valence-electron chi connectivity index (χ1n) is 10.3. The fourth-order valence-electron chi connectivity index (χ4n) is 3.03. The summed E-state index contributed by atoms with van der Waals surface area (Å²) in [7, 11) is 1.81. The average Bonchev–Trinajstić information content (AvgIpc) is 2.71. The molecular formula is C21H36N4O2. The Kier molecular flexibility index (Phi) is 10.7. The molecule has 1 aromatic carbocycles. The highest BCUT2D eigenvalue weighted by molar-refractivity contribution is 5.79. The van der Waals surface area contributed by atoms with Crippen molar-refractivity contribution in [1.29, 1.82) is 0 Å². The van der Waals surface area contributed by atoms with Crippen LogP contribution >= 0.6 is 0 Å². The van der Waals surface area contributed by atoms with Crippen LogP contribution in [0.2, 0.25) is 0 Å². The lowest BCUT2D eigenvalue weighted by atomic mass is 10.2. The number of benzene rings is 1. The Balaban J connectivity index is 1.67. The van der Waals surface area contributed by atoms with Crippen molar-refractivity contribution in [1.82, 2.24) is 15.5 Å². The number of hydrogen-bond donors (Lipinski definition) is 2. The minimum absolute atomic E-state index is 0.706. The maximum absolute atomic E-state index is 5.93. The minimum Gasteiger partial charge on any atom is -0.492 e. The smallest absolute Gasteiger partial charge is 0.191 e. The Labute approximate surface area is 164 Å². The molecule has 0 radical (unpaired) electrons. The summed E-state index contributed by atoms with van der Waals surface area (Å²) in [4.78, 5) is 6.67. The number of unbranched alkanes of at least 4 members (excludes halogenated alkanes) is 3. The minimum atomic E-state index is 0.706. The molecule has 6 nitrogen and oxygen atoms in total. The third-order valence-electron chi connectivity index (χ3n) is 4.68. The molecule has 6 heteroatoms. The number of ether oxygens (including phenoxy) is 2. The zero-order valence-electron chi connectivity index (χ0n) is 17.0. The maximum atomic E-state index is 5.93. The van der Waals surface area contributed by atoms with Gasteiger partial charge in [0.05, 0.1) is 13.2 Å². The van der Waals surface area contributed by atoms with Crippen molar-refractivity contribution in [3.8, 4) is 5.75 Å².